The van der Waals surface area contributed by atoms with Gasteiger partial charge < -0.3 is 23.7 Å². The van der Waals surface area contributed by atoms with Gasteiger partial charge in [-0.3, -0.25) is 9.59 Å². The lowest BCUT2D eigenvalue weighted by molar-refractivity contribution is -0.161. The van der Waals surface area contributed by atoms with Gasteiger partial charge in [-0.25, -0.2) is 9.59 Å². The highest BCUT2D eigenvalue weighted by molar-refractivity contribution is 5.83. The molecule has 0 radical (unpaired) electrons. The molecule has 48 heavy (non-hydrogen) atoms. The van der Waals surface area contributed by atoms with Gasteiger partial charge in [0.15, 0.2) is 0 Å². The summed E-state index contributed by atoms with van der Waals surface area (Å²) >= 11 is 0. The molecule has 3 unspecified atom stereocenters. The van der Waals surface area contributed by atoms with Crippen LogP contribution in [0.25, 0.3) is 0 Å². The van der Waals surface area contributed by atoms with Crippen LogP contribution in [0.1, 0.15) is 129 Å². The van der Waals surface area contributed by atoms with Crippen LogP contribution in [0.15, 0.2) is 25.3 Å². The smallest absolute Gasteiger partial charge is 0.330 e. The molecule has 0 N–H and O–H groups in total. The summed E-state index contributed by atoms with van der Waals surface area (Å²) in [7, 11) is 0. The average Bonchev–Trinajstić information content (AvgIpc) is 3.11. The Morgan fingerprint density at radius 3 is 1.46 bits per heavy atom. The number of hydrogen-bond acceptors (Lipinski definition) is 9. The number of unbranched alkanes of at least 4 members (excludes halogenated alkanes) is 6. The van der Waals surface area contributed by atoms with E-state index < -0.39 is 0 Å². The van der Waals surface area contributed by atoms with Crippen LogP contribution in [0.5, 0.6) is 0 Å². The van der Waals surface area contributed by atoms with Crippen LogP contribution in [0.4, 0.5) is 0 Å². The molecular formula is C39H62O9. The third-order valence-electron chi connectivity index (χ3n) is 10.5. The van der Waals surface area contributed by atoms with Gasteiger partial charge in [0.2, 0.25) is 0 Å². The predicted molar refractivity (Wildman–Crippen MR) is 184 cm³/mol. The van der Waals surface area contributed by atoms with Crippen molar-refractivity contribution in [2.75, 3.05) is 26.4 Å². The Kier molecular flexibility index (Phi) is 19.1. The first-order valence-electron chi connectivity index (χ1n) is 18.9. The topological polar surface area (TPSA) is 114 Å². The van der Waals surface area contributed by atoms with E-state index in [0.29, 0.717) is 19.0 Å². The maximum Gasteiger partial charge on any atom is 0.330 e. The third-order valence-corrected chi connectivity index (χ3v) is 10.5. The molecule has 0 aromatic heterocycles. The zero-order chi connectivity index (χ0) is 34.6. The van der Waals surface area contributed by atoms with Crippen molar-refractivity contribution in [3.05, 3.63) is 25.3 Å². The van der Waals surface area contributed by atoms with Crippen molar-refractivity contribution in [3.8, 4) is 0 Å². The first kappa shape index (κ1) is 39.9. The van der Waals surface area contributed by atoms with Gasteiger partial charge in [-0.2, -0.15) is 0 Å². The van der Waals surface area contributed by atoms with Crippen molar-refractivity contribution < 1.29 is 42.9 Å². The van der Waals surface area contributed by atoms with Crippen molar-refractivity contribution in [3.63, 3.8) is 0 Å². The second-order valence-corrected chi connectivity index (χ2v) is 14.1. The van der Waals surface area contributed by atoms with Crippen LogP contribution in [0, 0.1) is 23.7 Å². The lowest BCUT2D eigenvalue weighted by Gasteiger charge is -2.37. The predicted octanol–water partition coefficient (Wildman–Crippen LogP) is 7.63. The lowest BCUT2D eigenvalue weighted by atomic mass is 9.72. The number of carbonyl (C=O) groups excluding carboxylic acids is 4. The number of carbonyl (C=O) groups is 4. The number of rotatable bonds is 22. The van der Waals surface area contributed by atoms with Gasteiger partial charge in [-0.1, -0.05) is 32.9 Å². The van der Waals surface area contributed by atoms with Gasteiger partial charge in [-0.15, -0.1) is 0 Å². The van der Waals surface area contributed by atoms with Crippen molar-refractivity contribution in [1.29, 1.82) is 0 Å². The van der Waals surface area contributed by atoms with Gasteiger partial charge in [-0.05, 0) is 115 Å². The molecule has 3 saturated carbocycles. The Morgan fingerprint density at radius 1 is 0.562 bits per heavy atom. The van der Waals surface area contributed by atoms with Gasteiger partial charge in [0.25, 0.3) is 0 Å². The molecule has 272 valence electrons. The van der Waals surface area contributed by atoms with E-state index in [1.54, 1.807) is 0 Å². The SMILES string of the molecule is C=CC(=O)OCCCCCCOC1CCC(C(=O)OC2CCC(C(=O)C3CCC(OCCCCCCOC(=O)C=C)CC3)CC2C)CC1. The summed E-state index contributed by atoms with van der Waals surface area (Å²) in [6.45, 7) is 11.3. The third kappa shape index (κ3) is 14.9. The molecular weight excluding hydrogens is 612 g/mol. The summed E-state index contributed by atoms with van der Waals surface area (Å²) in [4.78, 5) is 48.6. The van der Waals surface area contributed by atoms with Crippen molar-refractivity contribution in [1.82, 2.24) is 0 Å². The van der Waals surface area contributed by atoms with Crippen LogP contribution in [0.3, 0.4) is 0 Å². The Morgan fingerprint density at radius 2 is 1.00 bits per heavy atom. The highest BCUT2D eigenvalue weighted by atomic mass is 16.5. The zero-order valence-corrected chi connectivity index (χ0v) is 29.5. The van der Waals surface area contributed by atoms with Gasteiger partial charge in [0.1, 0.15) is 11.9 Å². The number of hydrogen-bond donors (Lipinski definition) is 0. The maximum atomic E-state index is 13.4. The fourth-order valence-electron chi connectivity index (χ4n) is 7.44. The molecule has 0 spiro atoms. The normalized spacial score (nSPS) is 27.4. The minimum absolute atomic E-state index is 0.0546. The quantitative estimate of drug-likeness (QED) is 0.0495. The van der Waals surface area contributed by atoms with Crippen LogP contribution in [-0.2, 0) is 42.9 Å². The summed E-state index contributed by atoms with van der Waals surface area (Å²) in [6, 6.07) is 0. The summed E-state index contributed by atoms with van der Waals surface area (Å²) in [5.74, 6) is -0.0493. The van der Waals surface area contributed by atoms with E-state index in [4.69, 9.17) is 23.7 Å². The van der Waals surface area contributed by atoms with E-state index >= 15 is 0 Å². The standard InChI is InChI=1S/C39H62O9/c1-4-36(40)46-26-12-8-6-10-24-44-33-19-14-30(15-20-33)38(42)32-18-23-35(29(3)28-32)48-39(43)31-16-21-34(22-17-31)45-25-11-7-9-13-27-47-37(41)5-2/h4-5,29-35H,1-2,6-28H2,3H3. The second kappa shape index (κ2) is 23.0. The van der Waals surface area contributed by atoms with Gasteiger partial charge in [0.05, 0.1) is 31.3 Å². The molecule has 0 saturated heterocycles. The first-order chi connectivity index (χ1) is 23.3. The summed E-state index contributed by atoms with van der Waals surface area (Å²) in [5, 5.41) is 0. The van der Waals surface area contributed by atoms with E-state index in [-0.39, 0.29) is 59.9 Å². The van der Waals surface area contributed by atoms with E-state index in [0.717, 1.165) is 135 Å². The summed E-state index contributed by atoms with van der Waals surface area (Å²) in [6.07, 6.45) is 20.0. The molecule has 3 aliphatic rings. The summed E-state index contributed by atoms with van der Waals surface area (Å²) in [5.41, 5.74) is 0. The molecule has 0 aromatic rings. The minimum atomic E-state index is -0.369. The Balaban J connectivity index is 1.21. The number of esters is 3. The molecule has 3 fully saturated rings. The highest BCUT2D eigenvalue weighted by Gasteiger charge is 2.38. The van der Waals surface area contributed by atoms with E-state index in [1.165, 1.54) is 12.2 Å². The number of ether oxygens (including phenoxy) is 5. The minimum Gasteiger partial charge on any atom is -0.463 e. The van der Waals surface area contributed by atoms with Gasteiger partial charge >= 0.3 is 17.9 Å². The number of ketones is 1. The second-order valence-electron chi connectivity index (χ2n) is 14.1. The fourth-order valence-corrected chi connectivity index (χ4v) is 7.44. The molecule has 0 bridgehead atoms. The molecule has 0 aliphatic heterocycles. The first-order valence-corrected chi connectivity index (χ1v) is 18.9. The van der Waals surface area contributed by atoms with E-state index in [1.807, 2.05) is 0 Å². The monoisotopic (exact) mass is 674 g/mol. The van der Waals surface area contributed by atoms with Crippen molar-refractivity contribution >= 4 is 23.7 Å². The molecule has 3 aliphatic carbocycles. The van der Waals surface area contributed by atoms with E-state index in [2.05, 4.69) is 20.1 Å². The molecule has 0 aromatic carbocycles. The van der Waals surface area contributed by atoms with Crippen LogP contribution in [0.2, 0.25) is 0 Å². The Bertz CT molecular complexity index is 993. The number of Topliss-reactive ketones (excluding diaryl/α,β-unsaturated/α-hetero) is 1. The summed E-state index contributed by atoms with van der Waals surface area (Å²) < 4.78 is 28.2. The van der Waals surface area contributed by atoms with Gasteiger partial charge in [0, 0.05) is 37.2 Å². The fraction of sp³-hybridized carbons (Fsp3) is 0.795. The zero-order valence-electron chi connectivity index (χ0n) is 29.5. The Hall–Kier alpha value is -2.52. The largest absolute Gasteiger partial charge is 0.463 e. The van der Waals surface area contributed by atoms with Crippen LogP contribution < -0.4 is 0 Å². The highest BCUT2D eigenvalue weighted by Crippen LogP contribution is 2.38. The van der Waals surface area contributed by atoms with Crippen molar-refractivity contribution in [2.45, 2.75) is 147 Å². The molecule has 3 atom stereocenters. The van der Waals surface area contributed by atoms with Crippen molar-refractivity contribution in [2.24, 2.45) is 23.7 Å². The molecule has 9 heteroatoms. The molecule has 0 heterocycles. The van der Waals surface area contributed by atoms with Crippen LogP contribution >= 0.6 is 0 Å². The maximum absolute atomic E-state index is 13.4. The lowest BCUT2D eigenvalue weighted by Crippen LogP contribution is -2.39. The Labute approximate surface area is 288 Å². The molecule has 0 amide bonds. The van der Waals surface area contributed by atoms with Crippen LogP contribution in [-0.4, -0.2) is 68.4 Å². The average molecular weight is 675 g/mol. The molecule has 9 nitrogen and oxygen atoms in total. The van der Waals surface area contributed by atoms with E-state index in [9.17, 15) is 19.2 Å². The molecule has 3 rings (SSSR count).